The highest BCUT2D eigenvalue weighted by Gasteiger charge is 2.09. The zero-order valence-corrected chi connectivity index (χ0v) is 9.68. The average molecular weight is 214 g/mol. The summed E-state index contributed by atoms with van der Waals surface area (Å²) in [5.74, 6) is 6.31. The van der Waals surface area contributed by atoms with Crippen LogP contribution in [0, 0.1) is 0 Å². The number of nitrogens with zero attached hydrogens (tertiary/aromatic N) is 1. The van der Waals surface area contributed by atoms with Gasteiger partial charge in [0, 0.05) is 26.2 Å². The lowest BCUT2D eigenvalue weighted by atomic mass is 10.3. The molecule has 5 nitrogen and oxygen atoms in total. The van der Waals surface area contributed by atoms with E-state index >= 15 is 0 Å². The largest absolute Gasteiger partial charge is 0.379 e. The Bertz CT molecular complexity index is 207. The molecule has 0 saturated carbocycles. The third-order valence-electron chi connectivity index (χ3n) is 2.48. The number of ether oxygens (including phenoxy) is 1. The third-order valence-corrected chi connectivity index (χ3v) is 2.48. The monoisotopic (exact) mass is 214 g/mol. The van der Waals surface area contributed by atoms with Crippen molar-refractivity contribution in [3.63, 3.8) is 0 Å². The van der Waals surface area contributed by atoms with Crippen molar-refractivity contribution in [2.24, 2.45) is 5.84 Å². The van der Waals surface area contributed by atoms with E-state index in [2.05, 4.69) is 15.6 Å². The van der Waals surface area contributed by atoms with Gasteiger partial charge in [0.25, 0.3) is 0 Å². The fourth-order valence-electron chi connectivity index (χ4n) is 1.54. The summed E-state index contributed by atoms with van der Waals surface area (Å²) >= 11 is 0. The maximum absolute atomic E-state index is 5.39. The number of nitrogens with one attached hydrogen (secondary N) is 2. The maximum atomic E-state index is 5.39. The van der Waals surface area contributed by atoms with Crippen LogP contribution in [0.15, 0.2) is 11.4 Å². The highest BCUT2D eigenvalue weighted by molar-refractivity contribution is 5.04. The summed E-state index contributed by atoms with van der Waals surface area (Å²) in [6.07, 6.45) is 0. The number of rotatable bonds is 5. The van der Waals surface area contributed by atoms with Gasteiger partial charge < -0.3 is 15.5 Å². The van der Waals surface area contributed by atoms with Crippen LogP contribution in [-0.2, 0) is 4.74 Å². The second-order valence-electron chi connectivity index (χ2n) is 3.90. The van der Waals surface area contributed by atoms with Gasteiger partial charge in [-0.3, -0.25) is 4.90 Å². The molecule has 1 fully saturated rings. The van der Waals surface area contributed by atoms with Gasteiger partial charge in [-0.1, -0.05) is 0 Å². The van der Waals surface area contributed by atoms with Crippen molar-refractivity contribution in [2.45, 2.75) is 13.8 Å². The summed E-state index contributed by atoms with van der Waals surface area (Å²) < 4.78 is 5.28. The number of hydrogen-bond donors (Lipinski definition) is 3. The molecule has 1 rings (SSSR count). The van der Waals surface area contributed by atoms with Gasteiger partial charge in [-0.15, -0.1) is 0 Å². The molecule has 0 radical (unpaired) electrons. The lowest BCUT2D eigenvalue weighted by Crippen LogP contribution is -2.42. The molecule has 0 bridgehead atoms. The number of hydrazine groups is 1. The van der Waals surface area contributed by atoms with Crippen molar-refractivity contribution in [1.29, 1.82) is 0 Å². The Morgan fingerprint density at radius 2 is 2.00 bits per heavy atom. The van der Waals surface area contributed by atoms with E-state index in [1.807, 2.05) is 13.8 Å². The number of morpholine rings is 1. The predicted molar refractivity (Wildman–Crippen MR) is 61.0 cm³/mol. The Hall–Kier alpha value is -0.780. The molecule has 0 aliphatic carbocycles. The molecular weight excluding hydrogens is 192 g/mol. The highest BCUT2D eigenvalue weighted by Crippen LogP contribution is 1.96. The predicted octanol–water partition coefficient (Wildman–Crippen LogP) is -0.377. The van der Waals surface area contributed by atoms with Gasteiger partial charge >= 0.3 is 0 Å². The van der Waals surface area contributed by atoms with Crippen LogP contribution in [0.5, 0.6) is 0 Å². The molecule has 88 valence electrons. The molecule has 5 heteroatoms. The minimum absolute atomic E-state index is 0.852. The van der Waals surface area contributed by atoms with Crippen molar-refractivity contribution < 1.29 is 4.74 Å². The Labute approximate surface area is 91.6 Å². The van der Waals surface area contributed by atoms with Gasteiger partial charge in [0.05, 0.1) is 13.2 Å². The van der Waals surface area contributed by atoms with E-state index in [0.717, 1.165) is 45.2 Å². The van der Waals surface area contributed by atoms with Crippen LogP contribution in [0.2, 0.25) is 0 Å². The lowest BCUT2D eigenvalue weighted by molar-refractivity contribution is 0.0386. The first-order chi connectivity index (χ1) is 7.24. The molecule has 1 heterocycles. The van der Waals surface area contributed by atoms with Gasteiger partial charge in [-0.2, -0.15) is 0 Å². The molecule has 0 aromatic heterocycles. The Morgan fingerprint density at radius 1 is 1.33 bits per heavy atom. The molecule has 0 unspecified atom stereocenters. The zero-order valence-electron chi connectivity index (χ0n) is 9.68. The molecule has 1 aliphatic heterocycles. The maximum Gasteiger partial charge on any atom is 0.112 e. The number of nitrogens with two attached hydrogens (primary N) is 1. The van der Waals surface area contributed by atoms with E-state index in [9.17, 15) is 0 Å². The molecule has 0 atom stereocenters. The lowest BCUT2D eigenvalue weighted by Gasteiger charge is -2.27. The van der Waals surface area contributed by atoms with Crippen molar-refractivity contribution in [3.05, 3.63) is 11.4 Å². The summed E-state index contributed by atoms with van der Waals surface area (Å²) in [6.45, 7) is 9.75. The zero-order chi connectivity index (χ0) is 11.1. The minimum Gasteiger partial charge on any atom is -0.379 e. The van der Waals surface area contributed by atoms with Crippen molar-refractivity contribution in [3.8, 4) is 0 Å². The van der Waals surface area contributed by atoms with Gasteiger partial charge in [0.2, 0.25) is 0 Å². The SMILES string of the molecule is CC(C)=C(NN)NCCN1CCOCC1. The first kappa shape index (κ1) is 12.3. The second kappa shape index (κ2) is 6.66. The Kier molecular flexibility index (Phi) is 5.45. The molecule has 4 N–H and O–H groups in total. The Balaban J connectivity index is 2.17. The topological polar surface area (TPSA) is 62.5 Å². The first-order valence-electron chi connectivity index (χ1n) is 5.42. The number of allylic oxidation sites excluding steroid dienone is 1. The van der Waals surface area contributed by atoms with Gasteiger partial charge in [-0.05, 0) is 19.4 Å². The van der Waals surface area contributed by atoms with Gasteiger partial charge in [0.15, 0.2) is 0 Å². The van der Waals surface area contributed by atoms with E-state index in [1.54, 1.807) is 0 Å². The summed E-state index contributed by atoms with van der Waals surface area (Å²) in [6, 6.07) is 0. The molecule has 15 heavy (non-hydrogen) atoms. The molecule has 1 aliphatic rings. The minimum atomic E-state index is 0.852. The van der Waals surface area contributed by atoms with Crippen molar-refractivity contribution in [2.75, 3.05) is 39.4 Å². The van der Waals surface area contributed by atoms with Crippen LogP contribution < -0.4 is 16.6 Å². The van der Waals surface area contributed by atoms with Crippen LogP contribution in [0.25, 0.3) is 0 Å². The summed E-state index contributed by atoms with van der Waals surface area (Å²) in [4.78, 5) is 2.38. The molecule has 0 aromatic rings. The van der Waals surface area contributed by atoms with E-state index < -0.39 is 0 Å². The Morgan fingerprint density at radius 3 is 2.53 bits per heavy atom. The van der Waals surface area contributed by atoms with Crippen molar-refractivity contribution >= 4 is 0 Å². The molecule has 1 saturated heterocycles. The molecule has 0 aromatic carbocycles. The van der Waals surface area contributed by atoms with E-state index in [1.165, 1.54) is 5.57 Å². The molecule has 0 spiro atoms. The van der Waals surface area contributed by atoms with E-state index in [-0.39, 0.29) is 0 Å². The van der Waals surface area contributed by atoms with Crippen LogP contribution in [0.1, 0.15) is 13.8 Å². The number of hydrogen-bond acceptors (Lipinski definition) is 5. The van der Waals surface area contributed by atoms with Gasteiger partial charge in [0.1, 0.15) is 5.82 Å². The summed E-state index contributed by atoms with van der Waals surface area (Å²) in [5.41, 5.74) is 3.83. The molecule has 0 amide bonds. The standard InChI is InChI=1S/C10H22N4O/c1-9(2)10(13-11)12-3-4-14-5-7-15-8-6-14/h12-13H,3-8,11H2,1-2H3. The highest BCUT2D eigenvalue weighted by atomic mass is 16.5. The van der Waals surface area contributed by atoms with Crippen LogP contribution in [0.4, 0.5) is 0 Å². The van der Waals surface area contributed by atoms with E-state index in [4.69, 9.17) is 10.6 Å². The smallest absolute Gasteiger partial charge is 0.112 e. The fourth-order valence-corrected chi connectivity index (χ4v) is 1.54. The third kappa shape index (κ3) is 4.51. The van der Waals surface area contributed by atoms with E-state index in [0.29, 0.717) is 0 Å². The summed E-state index contributed by atoms with van der Waals surface area (Å²) in [5, 5.41) is 3.28. The van der Waals surface area contributed by atoms with Gasteiger partial charge in [-0.25, -0.2) is 5.84 Å². The van der Waals surface area contributed by atoms with Crippen molar-refractivity contribution in [1.82, 2.24) is 15.6 Å². The van der Waals surface area contributed by atoms with Crippen LogP contribution >= 0.6 is 0 Å². The second-order valence-corrected chi connectivity index (χ2v) is 3.90. The van der Waals surface area contributed by atoms with Crippen LogP contribution in [0.3, 0.4) is 0 Å². The quantitative estimate of drug-likeness (QED) is 0.430. The normalized spacial score (nSPS) is 17.3. The first-order valence-corrected chi connectivity index (χ1v) is 5.42. The van der Waals surface area contributed by atoms with Crippen LogP contribution in [-0.4, -0.2) is 44.3 Å². The fraction of sp³-hybridized carbons (Fsp3) is 0.800. The molecular formula is C10H22N4O. The summed E-state index contributed by atoms with van der Waals surface area (Å²) in [7, 11) is 0. The average Bonchev–Trinajstić information content (AvgIpc) is 2.25.